The van der Waals surface area contributed by atoms with E-state index in [2.05, 4.69) is 61.4 Å². The number of nitrogens with one attached hydrogen (secondary N) is 1. The third-order valence-electron chi connectivity index (χ3n) is 5.64. The maximum atomic E-state index is 12.5. The van der Waals surface area contributed by atoms with Crippen LogP contribution in [0.2, 0.25) is 0 Å². The molecule has 0 atom stereocenters. The van der Waals surface area contributed by atoms with Gasteiger partial charge in [0.1, 0.15) is 24.0 Å². The normalized spacial score (nSPS) is 14.3. The summed E-state index contributed by atoms with van der Waals surface area (Å²) < 4.78 is 7.61. The standard InChI is InChI=1S/C26H22Br2N2O2/c27-23-13-17(12-20(15-29)26(31)30-21-9-2-3-10-21)14-24(28)25(23)32-16-19-8-5-7-18-6-1-4-11-22(18)19/h1,4-8,11-14,21H,2-3,9-10,16H2,(H,30,31)/b20-12-. The van der Waals surface area contributed by atoms with E-state index in [9.17, 15) is 10.1 Å². The zero-order valence-corrected chi connectivity index (χ0v) is 20.6. The van der Waals surface area contributed by atoms with Crippen LogP contribution in [0.3, 0.4) is 0 Å². The summed E-state index contributed by atoms with van der Waals surface area (Å²) in [5.41, 5.74) is 1.93. The van der Waals surface area contributed by atoms with E-state index in [1.165, 1.54) is 5.39 Å². The van der Waals surface area contributed by atoms with Crippen LogP contribution in [0, 0.1) is 11.3 Å². The Morgan fingerprint density at radius 1 is 1.09 bits per heavy atom. The van der Waals surface area contributed by atoms with Crippen molar-refractivity contribution in [3.8, 4) is 11.8 Å². The molecule has 0 saturated heterocycles. The van der Waals surface area contributed by atoms with Crippen molar-refractivity contribution in [3.05, 3.63) is 80.2 Å². The monoisotopic (exact) mass is 552 g/mol. The number of amides is 1. The fraction of sp³-hybridized carbons (Fsp3) is 0.231. The van der Waals surface area contributed by atoms with Gasteiger partial charge in [-0.2, -0.15) is 5.26 Å². The van der Waals surface area contributed by atoms with Crippen molar-refractivity contribution in [2.75, 3.05) is 0 Å². The van der Waals surface area contributed by atoms with Gasteiger partial charge in [-0.3, -0.25) is 4.79 Å². The molecule has 162 valence electrons. The zero-order chi connectivity index (χ0) is 22.5. The molecule has 1 N–H and O–H groups in total. The van der Waals surface area contributed by atoms with Crippen LogP contribution in [0.15, 0.2) is 69.1 Å². The molecule has 1 amide bonds. The third-order valence-corrected chi connectivity index (χ3v) is 6.82. The predicted molar refractivity (Wildman–Crippen MR) is 134 cm³/mol. The first-order valence-corrected chi connectivity index (χ1v) is 12.1. The second kappa shape index (κ2) is 10.3. The van der Waals surface area contributed by atoms with Gasteiger partial charge >= 0.3 is 0 Å². The number of nitriles is 1. The summed E-state index contributed by atoms with van der Waals surface area (Å²) in [6, 6.07) is 20.3. The van der Waals surface area contributed by atoms with Gasteiger partial charge in [-0.25, -0.2) is 0 Å². The van der Waals surface area contributed by atoms with Crippen molar-refractivity contribution in [1.82, 2.24) is 5.32 Å². The van der Waals surface area contributed by atoms with E-state index >= 15 is 0 Å². The summed E-state index contributed by atoms with van der Waals surface area (Å²) >= 11 is 7.15. The lowest BCUT2D eigenvalue weighted by Crippen LogP contribution is -2.33. The second-order valence-corrected chi connectivity index (χ2v) is 9.57. The van der Waals surface area contributed by atoms with Crippen molar-refractivity contribution in [2.45, 2.75) is 38.3 Å². The van der Waals surface area contributed by atoms with E-state index in [0.29, 0.717) is 12.4 Å². The Balaban J connectivity index is 1.51. The highest BCUT2D eigenvalue weighted by Gasteiger charge is 2.19. The van der Waals surface area contributed by atoms with Gasteiger partial charge in [-0.05, 0) is 84.8 Å². The maximum absolute atomic E-state index is 12.5. The minimum absolute atomic E-state index is 0.0973. The Labute approximate surface area is 204 Å². The Bertz CT molecular complexity index is 1200. The lowest BCUT2D eigenvalue weighted by atomic mass is 10.1. The maximum Gasteiger partial charge on any atom is 0.262 e. The number of halogens is 2. The predicted octanol–water partition coefficient (Wildman–Crippen LogP) is 6.91. The molecule has 1 aliphatic carbocycles. The molecule has 3 aromatic rings. The molecule has 3 aromatic carbocycles. The van der Waals surface area contributed by atoms with E-state index in [4.69, 9.17) is 4.74 Å². The van der Waals surface area contributed by atoms with Crippen molar-refractivity contribution in [1.29, 1.82) is 5.26 Å². The first-order chi connectivity index (χ1) is 15.5. The molecule has 0 heterocycles. The number of ether oxygens (including phenoxy) is 1. The smallest absolute Gasteiger partial charge is 0.262 e. The van der Waals surface area contributed by atoms with Crippen molar-refractivity contribution >= 4 is 54.6 Å². The lowest BCUT2D eigenvalue weighted by molar-refractivity contribution is -0.117. The summed E-state index contributed by atoms with van der Waals surface area (Å²) in [6.07, 6.45) is 5.80. The molecule has 0 radical (unpaired) electrons. The van der Waals surface area contributed by atoms with Crippen molar-refractivity contribution in [3.63, 3.8) is 0 Å². The van der Waals surface area contributed by atoms with E-state index < -0.39 is 0 Å². The first kappa shape index (κ1) is 22.6. The molecule has 0 bridgehead atoms. The topological polar surface area (TPSA) is 62.1 Å². The average Bonchev–Trinajstić information content (AvgIpc) is 3.30. The molecule has 1 aliphatic rings. The number of carbonyl (C=O) groups excluding carboxylic acids is 1. The SMILES string of the molecule is N#C/C(=C/c1cc(Br)c(OCc2cccc3ccccc23)c(Br)c1)C(=O)NC1CCCC1. The van der Waals surface area contributed by atoms with Crippen LogP contribution in [0.1, 0.15) is 36.8 Å². The summed E-state index contributed by atoms with van der Waals surface area (Å²) in [5.74, 6) is 0.354. The number of hydrogen-bond donors (Lipinski definition) is 1. The average molecular weight is 554 g/mol. The molecule has 1 fully saturated rings. The van der Waals surface area contributed by atoms with Gasteiger partial charge in [0.2, 0.25) is 0 Å². The highest BCUT2D eigenvalue weighted by Crippen LogP contribution is 2.36. The van der Waals surface area contributed by atoms with E-state index in [-0.39, 0.29) is 17.5 Å². The molecular formula is C26H22Br2N2O2. The van der Waals surface area contributed by atoms with Gasteiger partial charge in [0.15, 0.2) is 0 Å². The van der Waals surface area contributed by atoms with Gasteiger partial charge in [0.25, 0.3) is 5.91 Å². The Hall–Kier alpha value is -2.62. The molecule has 32 heavy (non-hydrogen) atoms. The molecular weight excluding hydrogens is 532 g/mol. The van der Waals surface area contributed by atoms with Crippen LogP contribution in [0.5, 0.6) is 5.75 Å². The first-order valence-electron chi connectivity index (χ1n) is 10.6. The number of benzene rings is 3. The van der Waals surface area contributed by atoms with Gasteiger partial charge < -0.3 is 10.1 Å². The fourth-order valence-corrected chi connectivity index (χ4v) is 5.47. The molecule has 1 saturated carbocycles. The number of rotatable bonds is 6. The van der Waals surface area contributed by atoms with Crippen LogP contribution in [-0.4, -0.2) is 11.9 Å². The Morgan fingerprint density at radius 2 is 1.78 bits per heavy atom. The molecule has 6 heteroatoms. The van der Waals surface area contributed by atoms with Crippen LogP contribution < -0.4 is 10.1 Å². The highest BCUT2D eigenvalue weighted by atomic mass is 79.9. The number of fused-ring (bicyclic) bond motifs is 1. The molecule has 4 rings (SSSR count). The molecule has 0 aliphatic heterocycles. The summed E-state index contributed by atoms with van der Waals surface area (Å²) in [5, 5.41) is 14.8. The number of hydrogen-bond acceptors (Lipinski definition) is 3. The third kappa shape index (κ3) is 5.23. The van der Waals surface area contributed by atoms with Gasteiger partial charge in [-0.1, -0.05) is 55.3 Å². The minimum Gasteiger partial charge on any atom is -0.487 e. The van der Waals surface area contributed by atoms with Gasteiger partial charge in [0, 0.05) is 6.04 Å². The Morgan fingerprint density at radius 3 is 2.50 bits per heavy atom. The van der Waals surface area contributed by atoms with Crippen LogP contribution in [-0.2, 0) is 11.4 Å². The van der Waals surface area contributed by atoms with Crippen LogP contribution in [0.25, 0.3) is 16.8 Å². The van der Waals surface area contributed by atoms with Crippen LogP contribution in [0.4, 0.5) is 0 Å². The molecule has 4 nitrogen and oxygen atoms in total. The van der Waals surface area contributed by atoms with E-state index in [1.54, 1.807) is 6.08 Å². The van der Waals surface area contributed by atoms with Crippen molar-refractivity contribution < 1.29 is 9.53 Å². The van der Waals surface area contributed by atoms with Gasteiger partial charge in [-0.15, -0.1) is 0 Å². The largest absolute Gasteiger partial charge is 0.487 e. The summed E-state index contributed by atoms with van der Waals surface area (Å²) in [6.45, 7) is 0.418. The molecule has 0 spiro atoms. The number of nitrogens with zero attached hydrogens (tertiary/aromatic N) is 1. The molecule has 0 unspecified atom stereocenters. The fourth-order valence-electron chi connectivity index (χ4n) is 4.02. The van der Waals surface area contributed by atoms with E-state index in [0.717, 1.165) is 51.1 Å². The summed E-state index contributed by atoms with van der Waals surface area (Å²) in [4.78, 5) is 12.5. The molecule has 0 aromatic heterocycles. The van der Waals surface area contributed by atoms with Crippen LogP contribution >= 0.6 is 31.9 Å². The van der Waals surface area contributed by atoms with E-state index in [1.807, 2.05) is 36.4 Å². The zero-order valence-electron chi connectivity index (χ0n) is 17.4. The van der Waals surface area contributed by atoms with Gasteiger partial charge in [0.05, 0.1) is 8.95 Å². The second-order valence-electron chi connectivity index (χ2n) is 7.87. The highest BCUT2D eigenvalue weighted by molar-refractivity contribution is 9.11. The summed E-state index contributed by atoms with van der Waals surface area (Å²) in [7, 11) is 0. The Kier molecular flexibility index (Phi) is 7.29. The minimum atomic E-state index is -0.317. The van der Waals surface area contributed by atoms with Crippen molar-refractivity contribution in [2.24, 2.45) is 0 Å². The number of carbonyl (C=O) groups is 1. The quantitative estimate of drug-likeness (QED) is 0.266. The lowest BCUT2D eigenvalue weighted by Gasteiger charge is -2.13.